The maximum Gasteiger partial charge on any atom is 0.337 e. The second-order valence-electron chi connectivity index (χ2n) is 7.76. The Hall–Kier alpha value is -3.60. The van der Waals surface area contributed by atoms with Gasteiger partial charge in [0.2, 0.25) is 0 Å². The number of hydrogen-bond donors (Lipinski definition) is 1. The van der Waals surface area contributed by atoms with Crippen LogP contribution in [0.5, 0.6) is 0 Å². The molecule has 1 atom stereocenters. The minimum atomic E-state index is -0.313. The van der Waals surface area contributed by atoms with E-state index in [0.29, 0.717) is 5.57 Å². The molecule has 0 spiro atoms. The Kier molecular flexibility index (Phi) is 3.57. The van der Waals surface area contributed by atoms with Crippen molar-refractivity contribution in [1.29, 1.82) is 0 Å². The number of anilines is 1. The Morgan fingerprint density at radius 1 is 1.07 bits per heavy atom. The van der Waals surface area contributed by atoms with Gasteiger partial charge in [-0.25, -0.2) is 9.18 Å². The van der Waals surface area contributed by atoms with Crippen LogP contribution < -0.4 is 5.32 Å². The number of esters is 1. The maximum absolute atomic E-state index is 13.7. The van der Waals surface area contributed by atoms with Crippen LogP contribution in [0.2, 0.25) is 0 Å². The number of ether oxygens (including phenoxy) is 1. The molecule has 30 heavy (non-hydrogen) atoms. The molecule has 0 saturated carbocycles. The summed E-state index contributed by atoms with van der Waals surface area (Å²) < 4.78 is 21.4. The lowest BCUT2D eigenvalue weighted by molar-refractivity contribution is -0.136. The van der Waals surface area contributed by atoms with Crippen LogP contribution >= 0.6 is 0 Å². The third-order valence-corrected chi connectivity index (χ3v) is 6.25. The zero-order chi connectivity index (χ0) is 20.4. The Morgan fingerprint density at radius 3 is 2.67 bits per heavy atom. The molecular formula is C25H19FN2O2. The van der Waals surface area contributed by atoms with E-state index >= 15 is 0 Å². The summed E-state index contributed by atoms with van der Waals surface area (Å²) in [7, 11) is 0. The number of para-hydroxylation sites is 1. The van der Waals surface area contributed by atoms with Gasteiger partial charge in [0.15, 0.2) is 0 Å². The first kappa shape index (κ1) is 17.3. The number of aryl methyl sites for hydroxylation is 1. The van der Waals surface area contributed by atoms with Crippen molar-refractivity contribution in [1.82, 2.24) is 4.57 Å². The van der Waals surface area contributed by atoms with Gasteiger partial charge in [-0.05, 0) is 48.4 Å². The molecule has 0 amide bonds. The Bertz CT molecular complexity index is 1380. The van der Waals surface area contributed by atoms with Crippen LogP contribution in [0.3, 0.4) is 0 Å². The zero-order valence-corrected chi connectivity index (χ0v) is 16.4. The molecule has 1 N–H and O–H groups in total. The molecule has 0 fully saturated rings. The predicted octanol–water partition coefficient (Wildman–Crippen LogP) is 5.32. The van der Waals surface area contributed by atoms with Crippen LogP contribution in [-0.4, -0.2) is 17.1 Å². The van der Waals surface area contributed by atoms with Crippen molar-refractivity contribution in [2.45, 2.75) is 19.4 Å². The number of benzene rings is 3. The Morgan fingerprint density at radius 2 is 1.87 bits per heavy atom. The van der Waals surface area contributed by atoms with Crippen molar-refractivity contribution >= 4 is 33.5 Å². The van der Waals surface area contributed by atoms with Crippen molar-refractivity contribution in [3.8, 4) is 0 Å². The van der Waals surface area contributed by atoms with E-state index in [1.165, 1.54) is 12.1 Å². The molecule has 2 aliphatic heterocycles. The van der Waals surface area contributed by atoms with Crippen molar-refractivity contribution in [3.05, 3.63) is 88.9 Å². The lowest BCUT2D eigenvalue weighted by Crippen LogP contribution is -2.20. The summed E-state index contributed by atoms with van der Waals surface area (Å²) in [6, 6.07) is 19.0. The standard InChI is InChI=1S/C25H19FN2O2/c1-2-28-19-6-4-3-5-16(19)22-20(28)12-11-17-23(22)21(14-7-9-15(26)10-8-14)24-18(27-17)13-30-25(24)29/h3-12,21,27H,2,13H2,1H3. The predicted molar refractivity (Wildman–Crippen MR) is 115 cm³/mol. The number of hydrogen-bond acceptors (Lipinski definition) is 3. The molecule has 3 aromatic carbocycles. The highest BCUT2D eigenvalue weighted by Crippen LogP contribution is 2.49. The molecule has 148 valence electrons. The van der Waals surface area contributed by atoms with Crippen LogP contribution in [-0.2, 0) is 16.1 Å². The molecular weight excluding hydrogens is 379 g/mol. The van der Waals surface area contributed by atoms with Crippen LogP contribution in [0, 0.1) is 5.82 Å². The summed E-state index contributed by atoms with van der Waals surface area (Å²) in [6.07, 6.45) is 0. The summed E-state index contributed by atoms with van der Waals surface area (Å²) in [5.74, 6) is -0.919. The number of carbonyl (C=O) groups is 1. The fourth-order valence-corrected chi connectivity index (χ4v) is 5.02. The van der Waals surface area contributed by atoms with Gasteiger partial charge in [0.25, 0.3) is 0 Å². The summed E-state index contributed by atoms with van der Waals surface area (Å²) in [4.78, 5) is 12.7. The fourth-order valence-electron chi connectivity index (χ4n) is 5.02. The molecule has 2 aliphatic rings. The van der Waals surface area contributed by atoms with Crippen molar-refractivity contribution in [3.63, 3.8) is 0 Å². The van der Waals surface area contributed by atoms with Gasteiger partial charge in [-0.15, -0.1) is 0 Å². The topological polar surface area (TPSA) is 43.3 Å². The van der Waals surface area contributed by atoms with Crippen molar-refractivity contribution in [2.75, 3.05) is 11.9 Å². The first-order chi connectivity index (χ1) is 14.7. The van der Waals surface area contributed by atoms with E-state index in [1.54, 1.807) is 12.1 Å². The molecule has 0 saturated heterocycles. The second kappa shape index (κ2) is 6.20. The third-order valence-electron chi connectivity index (χ3n) is 6.25. The lowest BCUT2D eigenvalue weighted by atomic mass is 9.79. The van der Waals surface area contributed by atoms with Crippen LogP contribution in [0.25, 0.3) is 21.8 Å². The number of halogens is 1. The summed E-state index contributed by atoms with van der Waals surface area (Å²) >= 11 is 0. The molecule has 1 unspecified atom stereocenters. The van der Waals surface area contributed by atoms with Gasteiger partial charge >= 0.3 is 5.97 Å². The van der Waals surface area contributed by atoms with E-state index in [9.17, 15) is 9.18 Å². The van der Waals surface area contributed by atoms with Gasteiger partial charge in [-0.3, -0.25) is 0 Å². The van der Waals surface area contributed by atoms with Gasteiger partial charge < -0.3 is 14.6 Å². The molecule has 0 radical (unpaired) electrons. The monoisotopic (exact) mass is 398 g/mol. The average Bonchev–Trinajstić information content (AvgIpc) is 3.30. The van der Waals surface area contributed by atoms with E-state index in [1.807, 2.05) is 12.1 Å². The Labute approximate surface area is 172 Å². The molecule has 0 bridgehead atoms. The minimum Gasteiger partial charge on any atom is -0.456 e. The number of rotatable bonds is 2. The highest BCUT2D eigenvalue weighted by molar-refractivity contribution is 6.13. The molecule has 5 heteroatoms. The number of cyclic esters (lactones) is 1. The summed E-state index contributed by atoms with van der Waals surface area (Å²) in [5, 5.41) is 5.71. The number of fused-ring (bicyclic) bond motifs is 5. The van der Waals surface area contributed by atoms with E-state index < -0.39 is 0 Å². The van der Waals surface area contributed by atoms with Gasteiger partial charge in [-0.2, -0.15) is 0 Å². The van der Waals surface area contributed by atoms with E-state index in [2.05, 4.69) is 41.1 Å². The van der Waals surface area contributed by atoms with Crippen LogP contribution in [0.1, 0.15) is 24.0 Å². The number of carbonyl (C=O) groups excluding carboxylic acids is 1. The van der Waals surface area contributed by atoms with Gasteiger partial charge in [0, 0.05) is 40.0 Å². The van der Waals surface area contributed by atoms with Crippen molar-refractivity contribution < 1.29 is 13.9 Å². The normalized spacial score (nSPS) is 17.8. The van der Waals surface area contributed by atoms with Gasteiger partial charge in [0.05, 0.1) is 11.3 Å². The first-order valence-corrected chi connectivity index (χ1v) is 10.1. The Balaban J connectivity index is 1.75. The largest absolute Gasteiger partial charge is 0.456 e. The zero-order valence-electron chi connectivity index (χ0n) is 16.4. The highest BCUT2D eigenvalue weighted by Gasteiger charge is 2.39. The first-order valence-electron chi connectivity index (χ1n) is 10.1. The van der Waals surface area contributed by atoms with E-state index in [4.69, 9.17) is 4.74 Å². The molecule has 3 heterocycles. The number of aromatic nitrogens is 1. The lowest BCUT2D eigenvalue weighted by Gasteiger charge is -2.28. The molecule has 1 aromatic heterocycles. The summed E-state index contributed by atoms with van der Waals surface area (Å²) in [6.45, 7) is 3.21. The quantitative estimate of drug-likeness (QED) is 0.465. The van der Waals surface area contributed by atoms with Crippen molar-refractivity contribution in [2.24, 2.45) is 0 Å². The molecule has 4 aromatic rings. The highest BCUT2D eigenvalue weighted by atomic mass is 19.1. The van der Waals surface area contributed by atoms with Crippen LogP contribution in [0.15, 0.2) is 71.9 Å². The molecule has 6 rings (SSSR count). The summed E-state index contributed by atoms with van der Waals surface area (Å²) in [5.41, 5.74) is 6.59. The number of nitrogens with one attached hydrogen (secondary N) is 1. The SMILES string of the molecule is CCn1c2ccccc2c2c3c(ccc21)NC1=C(C(=O)OC1)C3c1ccc(F)cc1. The molecule has 4 nitrogen and oxygen atoms in total. The number of nitrogens with zero attached hydrogens (tertiary/aromatic N) is 1. The smallest absolute Gasteiger partial charge is 0.337 e. The van der Waals surface area contributed by atoms with E-state index in [-0.39, 0.29) is 24.3 Å². The third kappa shape index (κ3) is 2.23. The maximum atomic E-state index is 13.7. The van der Waals surface area contributed by atoms with E-state index in [0.717, 1.165) is 50.9 Å². The molecule has 0 aliphatic carbocycles. The fraction of sp³-hybridized carbons (Fsp3) is 0.160. The van der Waals surface area contributed by atoms with Gasteiger partial charge in [0.1, 0.15) is 12.4 Å². The minimum absolute atomic E-state index is 0.236. The average molecular weight is 398 g/mol. The second-order valence-corrected chi connectivity index (χ2v) is 7.76. The van der Waals surface area contributed by atoms with Crippen LogP contribution in [0.4, 0.5) is 10.1 Å². The van der Waals surface area contributed by atoms with Gasteiger partial charge in [-0.1, -0.05) is 30.3 Å².